The molecule has 1 aliphatic rings. The molecule has 0 aromatic heterocycles. The van der Waals surface area contributed by atoms with E-state index in [2.05, 4.69) is 6.92 Å². The van der Waals surface area contributed by atoms with Crippen molar-refractivity contribution in [1.29, 1.82) is 0 Å². The van der Waals surface area contributed by atoms with Crippen LogP contribution in [0.3, 0.4) is 0 Å². The second kappa shape index (κ2) is 6.64. The number of nitrogens with two attached hydrogens (primary N) is 1. The molecule has 0 bridgehead atoms. The lowest BCUT2D eigenvalue weighted by Gasteiger charge is -2.33. The van der Waals surface area contributed by atoms with Crippen molar-refractivity contribution in [2.24, 2.45) is 0 Å². The monoisotopic (exact) mass is 276 g/mol. The van der Waals surface area contributed by atoms with Gasteiger partial charge in [-0.25, -0.2) is 0 Å². The van der Waals surface area contributed by atoms with Crippen LogP contribution in [-0.2, 0) is 4.79 Å². The van der Waals surface area contributed by atoms with E-state index >= 15 is 0 Å². The number of nitrogens with zero attached hydrogens (tertiary/aromatic N) is 1. The topological polar surface area (TPSA) is 55.6 Å². The van der Waals surface area contributed by atoms with Crippen molar-refractivity contribution in [3.63, 3.8) is 0 Å². The van der Waals surface area contributed by atoms with Crippen LogP contribution in [0.25, 0.3) is 0 Å². The van der Waals surface area contributed by atoms with E-state index < -0.39 is 6.10 Å². The molecule has 0 fully saturated rings. The SMILES string of the molecule is CCCCCCCN1C(=O)C(C)Oc2cccc(N)c21. The molecule has 1 unspecified atom stereocenters. The second-order valence-corrected chi connectivity index (χ2v) is 5.36. The van der Waals surface area contributed by atoms with Gasteiger partial charge in [-0.15, -0.1) is 0 Å². The molecule has 2 N–H and O–H groups in total. The van der Waals surface area contributed by atoms with Crippen molar-refractivity contribution in [3.8, 4) is 5.75 Å². The van der Waals surface area contributed by atoms with Crippen LogP contribution in [0, 0.1) is 0 Å². The number of para-hydroxylation sites is 1. The summed E-state index contributed by atoms with van der Waals surface area (Å²) in [6, 6.07) is 5.55. The van der Waals surface area contributed by atoms with Crippen molar-refractivity contribution in [2.75, 3.05) is 17.2 Å². The van der Waals surface area contributed by atoms with Gasteiger partial charge in [-0.2, -0.15) is 0 Å². The molecule has 0 aliphatic carbocycles. The number of nitrogen functional groups attached to an aromatic ring is 1. The molecule has 1 heterocycles. The summed E-state index contributed by atoms with van der Waals surface area (Å²) in [5, 5.41) is 0. The minimum absolute atomic E-state index is 0.00546. The molecule has 20 heavy (non-hydrogen) atoms. The fourth-order valence-corrected chi connectivity index (χ4v) is 2.59. The highest BCUT2D eigenvalue weighted by Crippen LogP contribution is 2.38. The number of hydrogen-bond acceptors (Lipinski definition) is 3. The fraction of sp³-hybridized carbons (Fsp3) is 0.562. The predicted molar refractivity (Wildman–Crippen MR) is 82.1 cm³/mol. The first-order valence-corrected chi connectivity index (χ1v) is 7.51. The Hall–Kier alpha value is -1.71. The summed E-state index contributed by atoms with van der Waals surface area (Å²) in [5.41, 5.74) is 7.37. The maximum Gasteiger partial charge on any atom is 0.267 e. The lowest BCUT2D eigenvalue weighted by Crippen LogP contribution is -2.45. The van der Waals surface area contributed by atoms with Gasteiger partial charge in [-0.1, -0.05) is 38.7 Å². The average Bonchev–Trinajstić information content (AvgIpc) is 2.43. The van der Waals surface area contributed by atoms with Gasteiger partial charge in [0.25, 0.3) is 5.91 Å². The number of unbranched alkanes of at least 4 members (excludes halogenated alkanes) is 4. The number of anilines is 2. The van der Waals surface area contributed by atoms with Gasteiger partial charge in [0.2, 0.25) is 0 Å². The maximum atomic E-state index is 12.3. The number of rotatable bonds is 6. The number of amides is 1. The van der Waals surface area contributed by atoms with Crippen LogP contribution in [0.5, 0.6) is 5.75 Å². The zero-order chi connectivity index (χ0) is 14.5. The summed E-state index contributed by atoms with van der Waals surface area (Å²) in [4.78, 5) is 14.1. The van der Waals surface area contributed by atoms with E-state index in [1.165, 1.54) is 19.3 Å². The molecule has 110 valence electrons. The van der Waals surface area contributed by atoms with E-state index in [1.54, 1.807) is 11.8 Å². The van der Waals surface area contributed by atoms with E-state index in [4.69, 9.17) is 10.5 Å². The Labute approximate surface area is 120 Å². The Balaban J connectivity index is 2.09. The zero-order valence-electron chi connectivity index (χ0n) is 12.4. The van der Waals surface area contributed by atoms with Gasteiger partial charge in [0.05, 0.1) is 5.69 Å². The third kappa shape index (κ3) is 3.06. The highest BCUT2D eigenvalue weighted by atomic mass is 16.5. The quantitative estimate of drug-likeness (QED) is 0.640. The molecule has 1 aromatic rings. The fourth-order valence-electron chi connectivity index (χ4n) is 2.59. The number of carbonyl (C=O) groups excluding carboxylic acids is 1. The Kier molecular flexibility index (Phi) is 4.88. The minimum Gasteiger partial charge on any atom is -0.479 e. The first-order chi connectivity index (χ1) is 9.65. The summed E-state index contributed by atoms with van der Waals surface area (Å²) >= 11 is 0. The molecule has 1 aliphatic heterocycles. The normalized spacial score (nSPS) is 17.8. The Morgan fingerprint density at radius 2 is 2.00 bits per heavy atom. The number of ether oxygens (including phenoxy) is 1. The van der Waals surface area contributed by atoms with E-state index in [1.807, 2.05) is 18.2 Å². The van der Waals surface area contributed by atoms with Crippen LogP contribution >= 0.6 is 0 Å². The van der Waals surface area contributed by atoms with Crippen LogP contribution < -0.4 is 15.4 Å². The molecule has 0 radical (unpaired) electrons. The standard InChI is InChI=1S/C16H24N2O2/c1-3-4-5-6-7-11-18-15-13(17)9-8-10-14(15)20-12(2)16(18)19/h8-10,12H,3-7,11,17H2,1-2H3. The molecule has 0 saturated carbocycles. The van der Waals surface area contributed by atoms with Gasteiger partial charge in [-0.3, -0.25) is 4.79 Å². The average molecular weight is 276 g/mol. The summed E-state index contributed by atoms with van der Waals surface area (Å²) in [6.45, 7) is 4.71. The smallest absolute Gasteiger partial charge is 0.267 e. The van der Waals surface area contributed by atoms with Crippen LogP contribution in [-0.4, -0.2) is 18.6 Å². The number of hydrogen-bond donors (Lipinski definition) is 1. The molecule has 2 rings (SSSR count). The van der Waals surface area contributed by atoms with Gasteiger partial charge in [0.15, 0.2) is 6.10 Å². The second-order valence-electron chi connectivity index (χ2n) is 5.36. The van der Waals surface area contributed by atoms with Crippen molar-refractivity contribution >= 4 is 17.3 Å². The number of benzene rings is 1. The van der Waals surface area contributed by atoms with Crippen molar-refractivity contribution in [1.82, 2.24) is 0 Å². The van der Waals surface area contributed by atoms with E-state index in [-0.39, 0.29) is 5.91 Å². The van der Waals surface area contributed by atoms with E-state index in [0.29, 0.717) is 11.4 Å². The summed E-state index contributed by atoms with van der Waals surface area (Å²) in [7, 11) is 0. The summed E-state index contributed by atoms with van der Waals surface area (Å²) < 4.78 is 5.63. The maximum absolute atomic E-state index is 12.3. The van der Waals surface area contributed by atoms with E-state index in [9.17, 15) is 4.79 Å². The highest BCUT2D eigenvalue weighted by Gasteiger charge is 2.32. The molecule has 0 spiro atoms. The molecule has 4 heteroatoms. The molecule has 1 amide bonds. The molecular formula is C16H24N2O2. The first-order valence-electron chi connectivity index (χ1n) is 7.51. The molecular weight excluding hydrogens is 252 g/mol. The van der Waals surface area contributed by atoms with Crippen LogP contribution in [0.2, 0.25) is 0 Å². The molecule has 1 atom stereocenters. The third-order valence-corrected chi connectivity index (χ3v) is 3.70. The Morgan fingerprint density at radius 3 is 2.75 bits per heavy atom. The Morgan fingerprint density at radius 1 is 1.25 bits per heavy atom. The van der Waals surface area contributed by atoms with Crippen molar-refractivity contribution in [2.45, 2.75) is 52.1 Å². The molecule has 0 saturated heterocycles. The summed E-state index contributed by atoms with van der Waals surface area (Å²) in [5.74, 6) is 0.719. The predicted octanol–water partition coefficient (Wildman–Crippen LogP) is 3.35. The van der Waals surface area contributed by atoms with Crippen molar-refractivity contribution < 1.29 is 9.53 Å². The summed E-state index contributed by atoms with van der Waals surface area (Å²) in [6.07, 6.45) is 5.43. The van der Waals surface area contributed by atoms with Crippen LogP contribution in [0.1, 0.15) is 46.0 Å². The zero-order valence-corrected chi connectivity index (χ0v) is 12.4. The van der Waals surface area contributed by atoms with Gasteiger partial charge in [0, 0.05) is 6.54 Å². The lowest BCUT2D eigenvalue weighted by atomic mass is 10.1. The van der Waals surface area contributed by atoms with Gasteiger partial charge >= 0.3 is 0 Å². The Bertz CT molecular complexity index is 474. The van der Waals surface area contributed by atoms with Crippen molar-refractivity contribution in [3.05, 3.63) is 18.2 Å². The highest BCUT2D eigenvalue weighted by molar-refractivity contribution is 6.02. The van der Waals surface area contributed by atoms with Crippen LogP contribution in [0.15, 0.2) is 18.2 Å². The lowest BCUT2D eigenvalue weighted by molar-refractivity contribution is -0.125. The molecule has 4 nitrogen and oxygen atoms in total. The minimum atomic E-state index is -0.431. The number of fused-ring (bicyclic) bond motifs is 1. The van der Waals surface area contributed by atoms with Gasteiger partial charge in [0.1, 0.15) is 11.4 Å². The third-order valence-electron chi connectivity index (χ3n) is 3.70. The van der Waals surface area contributed by atoms with Gasteiger partial charge in [-0.05, 0) is 25.5 Å². The van der Waals surface area contributed by atoms with E-state index in [0.717, 1.165) is 25.1 Å². The molecule has 1 aromatic carbocycles. The van der Waals surface area contributed by atoms with Crippen LogP contribution in [0.4, 0.5) is 11.4 Å². The number of carbonyl (C=O) groups is 1. The largest absolute Gasteiger partial charge is 0.479 e. The van der Waals surface area contributed by atoms with Gasteiger partial charge < -0.3 is 15.4 Å². The first kappa shape index (κ1) is 14.7.